The highest BCUT2D eigenvalue weighted by molar-refractivity contribution is 8.13. The second-order valence-corrected chi connectivity index (χ2v) is 9.23. The molecule has 1 N–H and O–H groups in total. The van der Waals surface area contributed by atoms with E-state index in [2.05, 4.69) is 70.9 Å². The lowest BCUT2D eigenvalue weighted by atomic mass is 9.84. The average Bonchev–Trinajstić information content (AvgIpc) is 2.38. The number of nitrogens with one attached hydrogen (secondary N) is 1. The van der Waals surface area contributed by atoms with Gasteiger partial charge in [-0.05, 0) is 41.5 Å². The van der Waals surface area contributed by atoms with Gasteiger partial charge in [0.05, 0.1) is 0 Å². The molecule has 2 rings (SSSR count). The standard InChI is InChI=1S/C19H30N2S.ClH/c1-13-8-15(18(3,4)5)9-14(2)16(13)10-22-17-20-11-19(6,7)12-21-17;/h8-9H,10-12H2,1-7H3,(H,20,21);1H. The van der Waals surface area contributed by atoms with Gasteiger partial charge in [0.1, 0.15) is 0 Å². The number of rotatable bonds is 2. The zero-order chi connectivity index (χ0) is 16.5. The second-order valence-electron chi connectivity index (χ2n) is 8.27. The molecular formula is C19H31ClN2S. The Hall–Kier alpha value is -0.670. The number of aryl methyl sites for hydroxylation is 2. The molecule has 0 aromatic heterocycles. The first kappa shape index (κ1) is 20.4. The Morgan fingerprint density at radius 3 is 2.17 bits per heavy atom. The monoisotopic (exact) mass is 354 g/mol. The minimum atomic E-state index is 0. The number of aliphatic imine (C=N–C) groups is 1. The van der Waals surface area contributed by atoms with Gasteiger partial charge in [0.2, 0.25) is 0 Å². The van der Waals surface area contributed by atoms with E-state index in [1.807, 2.05) is 11.8 Å². The van der Waals surface area contributed by atoms with E-state index in [-0.39, 0.29) is 23.2 Å². The van der Waals surface area contributed by atoms with Crippen molar-refractivity contribution in [1.82, 2.24) is 5.32 Å². The first-order valence-corrected chi connectivity index (χ1v) is 9.09. The van der Waals surface area contributed by atoms with Gasteiger partial charge in [-0.3, -0.25) is 4.99 Å². The number of halogens is 1. The van der Waals surface area contributed by atoms with Gasteiger partial charge in [0.25, 0.3) is 0 Å². The molecule has 1 aliphatic rings. The molecule has 0 atom stereocenters. The molecule has 0 radical (unpaired) electrons. The molecule has 0 amide bonds. The van der Waals surface area contributed by atoms with Crippen LogP contribution in [0.3, 0.4) is 0 Å². The van der Waals surface area contributed by atoms with Crippen LogP contribution in [0.5, 0.6) is 0 Å². The molecule has 0 saturated carbocycles. The molecule has 2 nitrogen and oxygen atoms in total. The first-order valence-electron chi connectivity index (χ1n) is 8.10. The van der Waals surface area contributed by atoms with Crippen molar-refractivity contribution in [2.45, 2.75) is 59.6 Å². The van der Waals surface area contributed by atoms with Crippen molar-refractivity contribution in [2.24, 2.45) is 10.4 Å². The third-order valence-corrected chi connectivity index (χ3v) is 5.26. The fourth-order valence-corrected chi connectivity index (χ4v) is 3.67. The number of hydrogen-bond donors (Lipinski definition) is 1. The van der Waals surface area contributed by atoms with E-state index in [1.54, 1.807) is 0 Å². The SMILES string of the molecule is Cc1cc(C(C)(C)C)cc(C)c1CSC1=NCC(C)(C)CN1.Cl. The molecule has 23 heavy (non-hydrogen) atoms. The Bertz CT molecular complexity index is 563. The number of hydrogen-bond acceptors (Lipinski definition) is 3. The number of nitrogens with zero attached hydrogens (tertiary/aromatic N) is 1. The predicted octanol–water partition coefficient (Wildman–Crippen LogP) is 5.24. The van der Waals surface area contributed by atoms with Crippen molar-refractivity contribution in [1.29, 1.82) is 0 Å². The zero-order valence-electron chi connectivity index (χ0n) is 15.5. The number of thioether (sulfide) groups is 1. The van der Waals surface area contributed by atoms with Gasteiger partial charge in [0, 0.05) is 24.3 Å². The average molecular weight is 355 g/mol. The first-order chi connectivity index (χ1) is 10.1. The summed E-state index contributed by atoms with van der Waals surface area (Å²) in [5.74, 6) is 0.994. The minimum absolute atomic E-state index is 0. The highest BCUT2D eigenvalue weighted by Crippen LogP contribution is 2.29. The largest absolute Gasteiger partial charge is 0.364 e. The molecule has 0 aliphatic carbocycles. The minimum Gasteiger partial charge on any atom is -0.364 e. The molecule has 0 spiro atoms. The van der Waals surface area contributed by atoms with Crippen molar-refractivity contribution in [2.75, 3.05) is 13.1 Å². The molecule has 130 valence electrons. The van der Waals surface area contributed by atoms with Crippen LogP contribution in [0.1, 0.15) is 56.9 Å². The lowest BCUT2D eigenvalue weighted by Crippen LogP contribution is -2.39. The molecular weight excluding hydrogens is 324 g/mol. The van der Waals surface area contributed by atoms with Crippen LogP contribution in [-0.4, -0.2) is 18.3 Å². The fraction of sp³-hybridized carbons (Fsp3) is 0.632. The van der Waals surface area contributed by atoms with Gasteiger partial charge >= 0.3 is 0 Å². The van der Waals surface area contributed by atoms with Crippen molar-refractivity contribution in [3.8, 4) is 0 Å². The van der Waals surface area contributed by atoms with E-state index in [0.717, 1.165) is 24.0 Å². The summed E-state index contributed by atoms with van der Waals surface area (Å²) in [6, 6.07) is 4.70. The van der Waals surface area contributed by atoms with Gasteiger partial charge in [-0.2, -0.15) is 0 Å². The maximum absolute atomic E-state index is 4.68. The molecule has 4 heteroatoms. The molecule has 1 heterocycles. The van der Waals surface area contributed by atoms with Crippen molar-refractivity contribution in [3.05, 3.63) is 34.4 Å². The van der Waals surface area contributed by atoms with Gasteiger partial charge < -0.3 is 5.32 Å². The fourth-order valence-electron chi connectivity index (χ4n) is 2.60. The Kier molecular flexibility index (Phi) is 6.63. The van der Waals surface area contributed by atoms with Crippen LogP contribution in [0.15, 0.2) is 17.1 Å². The van der Waals surface area contributed by atoms with Crippen LogP contribution < -0.4 is 5.32 Å². The summed E-state index contributed by atoms with van der Waals surface area (Å²) in [5.41, 5.74) is 6.16. The van der Waals surface area contributed by atoms with E-state index >= 15 is 0 Å². The summed E-state index contributed by atoms with van der Waals surface area (Å²) in [7, 11) is 0. The quantitative estimate of drug-likeness (QED) is 0.785. The predicted molar refractivity (Wildman–Crippen MR) is 107 cm³/mol. The van der Waals surface area contributed by atoms with E-state index in [4.69, 9.17) is 0 Å². The lowest BCUT2D eigenvalue weighted by molar-refractivity contribution is 0.364. The molecule has 0 fully saturated rings. The Balaban J connectivity index is 0.00000264. The Labute approximate surface area is 152 Å². The second kappa shape index (κ2) is 7.48. The maximum Gasteiger partial charge on any atom is 0.156 e. The summed E-state index contributed by atoms with van der Waals surface area (Å²) in [4.78, 5) is 4.68. The van der Waals surface area contributed by atoms with E-state index in [9.17, 15) is 0 Å². The maximum atomic E-state index is 4.68. The summed E-state index contributed by atoms with van der Waals surface area (Å²) >= 11 is 1.83. The molecule has 0 unspecified atom stereocenters. The lowest BCUT2D eigenvalue weighted by Gasteiger charge is -2.29. The van der Waals surface area contributed by atoms with E-state index in [1.165, 1.54) is 22.3 Å². The third kappa shape index (κ3) is 5.42. The molecule has 1 aromatic carbocycles. The zero-order valence-corrected chi connectivity index (χ0v) is 17.2. The van der Waals surface area contributed by atoms with Crippen LogP contribution in [0, 0.1) is 19.3 Å². The molecule has 0 saturated heterocycles. The highest BCUT2D eigenvalue weighted by Gasteiger charge is 2.22. The summed E-state index contributed by atoms with van der Waals surface area (Å²) in [6.45, 7) is 17.7. The number of amidine groups is 1. The topological polar surface area (TPSA) is 24.4 Å². The Morgan fingerprint density at radius 2 is 1.74 bits per heavy atom. The van der Waals surface area contributed by atoms with Gasteiger partial charge in [-0.25, -0.2) is 0 Å². The van der Waals surface area contributed by atoms with Crippen LogP contribution in [0.4, 0.5) is 0 Å². The third-order valence-electron chi connectivity index (χ3n) is 4.28. The summed E-state index contributed by atoms with van der Waals surface area (Å²) < 4.78 is 0. The van der Waals surface area contributed by atoms with Gasteiger partial charge in [0.15, 0.2) is 5.17 Å². The molecule has 1 aromatic rings. The smallest absolute Gasteiger partial charge is 0.156 e. The van der Waals surface area contributed by atoms with Crippen LogP contribution in [0.2, 0.25) is 0 Å². The van der Waals surface area contributed by atoms with Crippen LogP contribution in [0.25, 0.3) is 0 Å². The van der Waals surface area contributed by atoms with Gasteiger partial charge in [-0.1, -0.05) is 58.5 Å². The van der Waals surface area contributed by atoms with Crippen LogP contribution in [-0.2, 0) is 11.2 Å². The van der Waals surface area contributed by atoms with E-state index < -0.39 is 0 Å². The van der Waals surface area contributed by atoms with E-state index in [0.29, 0.717) is 0 Å². The number of benzene rings is 1. The molecule has 0 bridgehead atoms. The van der Waals surface area contributed by atoms with Crippen molar-refractivity contribution in [3.63, 3.8) is 0 Å². The summed E-state index contributed by atoms with van der Waals surface area (Å²) in [6.07, 6.45) is 0. The normalized spacial score (nSPS) is 17.1. The highest BCUT2D eigenvalue weighted by atomic mass is 35.5. The molecule has 1 aliphatic heterocycles. The van der Waals surface area contributed by atoms with Crippen molar-refractivity contribution >= 4 is 29.3 Å². The Morgan fingerprint density at radius 1 is 1.17 bits per heavy atom. The van der Waals surface area contributed by atoms with Crippen LogP contribution >= 0.6 is 24.2 Å². The van der Waals surface area contributed by atoms with Crippen molar-refractivity contribution < 1.29 is 0 Å². The summed E-state index contributed by atoms with van der Waals surface area (Å²) in [5, 5.41) is 4.56. The van der Waals surface area contributed by atoms with Gasteiger partial charge in [-0.15, -0.1) is 12.4 Å².